The standard InChI is InChI=1S/C6H12O6.2C6H12O5/c7-1-3(9)5(11)6(12)4(10)2-8;2*1-3(8)5(10)6(11)4(9)2-7/h1,3-6,8-12H,2H2;2*2-6,8-11H,1H3/t3-,4-,5-,6-;3-,4+,5+,6-;3-,4-,5-,6-/m100/s1. The van der Waals surface area contributed by atoms with Crippen molar-refractivity contribution in [2.75, 3.05) is 6.61 Å². The van der Waals surface area contributed by atoms with Gasteiger partial charge >= 0.3 is 0 Å². The van der Waals surface area contributed by atoms with E-state index >= 15 is 0 Å². The molecule has 16 heteroatoms. The Hall–Kier alpha value is -1.51. The molecule has 204 valence electrons. The van der Waals surface area contributed by atoms with Crippen LogP contribution in [0.4, 0.5) is 0 Å². The quantitative estimate of drug-likeness (QED) is 0.103. The lowest BCUT2D eigenvalue weighted by atomic mass is 10.0. The Kier molecular flexibility index (Phi) is 21.5. The largest absolute Gasteiger partial charge is 0.394 e. The second-order valence-electron chi connectivity index (χ2n) is 7.05. The number of carbonyl (C=O) groups excluding carboxylic acids is 3. The van der Waals surface area contributed by atoms with Gasteiger partial charge in [-0.1, -0.05) is 0 Å². The fraction of sp³-hybridized carbons (Fsp3) is 0.833. The smallest absolute Gasteiger partial charge is 0.151 e. The first-order chi connectivity index (χ1) is 15.5. The molecule has 0 aromatic carbocycles. The highest BCUT2D eigenvalue weighted by atomic mass is 16.4. The van der Waals surface area contributed by atoms with Crippen molar-refractivity contribution >= 4 is 18.9 Å². The van der Waals surface area contributed by atoms with Gasteiger partial charge in [0.25, 0.3) is 0 Å². The summed E-state index contributed by atoms with van der Waals surface area (Å²) in [5.41, 5.74) is 0. The predicted molar refractivity (Wildman–Crippen MR) is 109 cm³/mol. The minimum Gasteiger partial charge on any atom is -0.394 e. The maximum atomic E-state index is 9.90. The summed E-state index contributed by atoms with van der Waals surface area (Å²) in [5, 5.41) is 114. The highest BCUT2D eigenvalue weighted by molar-refractivity contribution is 5.57. The summed E-state index contributed by atoms with van der Waals surface area (Å²) in [5.74, 6) is 0. The molecule has 0 unspecified atom stereocenters. The molecule has 0 saturated carbocycles. The molecule has 0 heterocycles. The SMILES string of the molecule is C[C@H](O)[C@@H](O)[C@@H](O)[C@H](O)C=O.C[C@H](O)[C@H](O)[C@@H](O)[C@@H](O)C=O.O=C[C@@H](O)[C@@H](O)[C@H](O)[C@H](O)CO. The first-order valence-electron chi connectivity index (χ1n) is 9.68. The minimum absolute atomic E-state index is 0.0258. The van der Waals surface area contributed by atoms with Gasteiger partial charge in [-0.05, 0) is 13.8 Å². The van der Waals surface area contributed by atoms with E-state index in [-0.39, 0.29) is 18.9 Å². The van der Waals surface area contributed by atoms with E-state index < -0.39 is 79.9 Å². The van der Waals surface area contributed by atoms with Crippen molar-refractivity contribution in [1.82, 2.24) is 0 Å². The van der Waals surface area contributed by atoms with E-state index in [1.807, 2.05) is 0 Å². The van der Waals surface area contributed by atoms with Crippen LogP contribution in [0, 0.1) is 0 Å². The van der Waals surface area contributed by atoms with E-state index in [9.17, 15) is 14.4 Å². The Morgan fingerprint density at radius 3 is 0.882 bits per heavy atom. The van der Waals surface area contributed by atoms with Crippen molar-refractivity contribution in [3.8, 4) is 0 Å². The molecule has 0 aromatic heterocycles. The maximum absolute atomic E-state index is 9.90. The van der Waals surface area contributed by atoms with Gasteiger partial charge in [-0.2, -0.15) is 0 Å². The van der Waals surface area contributed by atoms with Crippen LogP contribution in [0.25, 0.3) is 0 Å². The molecule has 0 fully saturated rings. The topological polar surface area (TPSA) is 314 Å². The van der Waals surface area contributed by atoms with E-state index in [0.717, 1.165) is 0 Å². The van der Waals surface area contributed by atoms with Crippen molar-refractivity contribution in [2.45, 2.75) is 87.1 Å². The molecule has 0 spiro atoms. The van der Waals surface area contributed by atoms with Gasteiger partial charge in [0.15, 0.2) is 18.9 Å². The second-order valence-corrected chi connectivity index (χ2v) is 7.05. The monoisotopic (exact) mass is 508 g/mol. The second kappa shape index (κ2) is 19.8. The summed E-state index contributed by atoms with van der Waals surface area (Å²) in [6, 6.07) is 0. The van der Waals surface area contributed by atoms with Gasteiger partial charge in [-0.15, -0.1) is 0 Å². The lowest BCUT2D eigenvalue weighted by Crippen LogP contribution is -2.46. The Morgan fingerprint density at radius 1 is 0.471 bits per heavy atom. The molecule has 0 aliphatic heterocycles. The molecule has 0 saturated heterocycles. The third kappa shape index (κ3) is 14.7. The summed E-state index contributed by atoms with van der Waals surface area (Å²) >= 11 is 0. The van der Waals surface area contributed by atoms with Crippen LogP contribution in [0.2, 0.25) is 0 Å². The molecule has 0 rings (SSSR count). The van der Waals surface area contributed by atoms with Crippen LogP contribution in [-0.4, -0.2) is 165 Å². The molecule has 34 heavy (non-hydrogen) atoms. The third-order valence-corrected chi connectivity index (χ3v) is 4.09. The van der Waals surface area contributed by atoms with Gasteiger partial charge in [-0.25, -0.2) is 0 Å². The lowest BCUT2D eigenvalue weighted by Gasteiger charge is -2.22. The first-order valence-corrected chi connectivity index (χ1v) is 9.68. The Balaban J connectivity index is -0.000000425. The maximum Gasteiger partial charge on any atom is 0.151 e. The fourth-order valence-electron chi connectivity index (χ4n) is 1.75. The third-order valence-electron chi connectivity index (χ3n) is 4.09. The minimum atomic E-state index is -1.79. The zero-order valence-corrected chi connectivity index (χ0v) is 18.4. The normalized spacial score (nSPS) is 21.6. The van der Waals surface area contributed by atoms with Gasteiger partial charge in [0.1, 0.15) is 61.0 Å². The number of carbonyl (C=O) groups is 3. The van der Waals surface area contributed by atoms with E-state index in [1.54, 1.807) is 0 Å². The number of aliphatic hydroxyl groups excluding tert-OH is 13. The average molecular weight is 508 g/mol. The van der Waals surface area contributed by atoms with Crippen LogP contribution < -0.4 is 0 Å². The van der Waals surface area contributed by atoms with E-state index in [4.69, 9.17) is 66.4 Å². The van der Waals surface area contributed by atoms with Crippen LogP contribution in [0.3, 0.4) is 0 Å². The van der Waals surface area contributed by atoms with Gasteiger partial charge < -0.3 is 80.8 Å². The van der Waals surface area contributed by atoms with Crippen LogP contribution in [0.5, 0.6) is 0 Å². The Bertz CT molecular complexity index is 502. The zero-order chi connectivity index (χ0) is 27.8. The molecule has 0 aliphatic rings. The summed E-state index contributed by atoms with van der Waals surface area (Å²) < 4.78 is 0. The molecule has 0 amide bonds. The van der Waals surface area contributed by atoms with Crippen molar-refractivity contribution in [3.63, 3.8) is 0 Å². The highest BCUT2D eigenvalue weighted by Crippen LogP contribution is 2.04. The van der Waals surface area contributed by atoms with Crippen LogP contribution in [-0.2, 0) is 14.4 Å². The molecule has 0 radical (unpaired) electrons. The molecule has 0 aliphatic carbocycles. The van der Waals surface area contributed by atoms with Gasteiger partial charge in [0.05, 0.1) is 18.8 Å². The molecular weight excluding hydrogens is 472 g/mol. The Labute approximate surface area is 194 Å². The highest BCUT2D eigenvalue weighted by Gasteiger charge is 2.30. The summed E-state index contributed by atoms with van der Waals surface area (Å²) in [4.78, 5) is 29.6. The van der Waals surface area contributed by atoms with Crippen molar-refractivity contribution < 1.29 is 80.8 Å². The average Bonchev–Trinajstić information content (AvgIpc) is 2.84. The fourth-order valence-corrected chi connectivity index (χ4v) is 1.75. The predicted octanol–water partition coefficient (Wildman–Crippen LogP) is -8.08. The number of aldehydes is 3. The number of aliphatic hydroxyl groups is 13. The van der Waals surface area contributed by atoms with Crippen LogP contribution in [0.1, 0.15) is 13.8 Å². The van der Waals surface area contributed by atoms with Crippen LogP contribution in [0.15, 0.2) is 0 Å². The zero-order valence-electron chi connectivity index (χ0n) is 18.4. The van der Waals surface area contributed by atoms with Gasteiger partial charge in [0, 0.05) is 0 Å². The van der Waals surface area contributed by atoms with Gasteiger partial charge in [0.2, 0.25) is 0 Å². The Morgan fingerprint density at radius 2 is 0.706 bits per heavy atom. The van der Waals surface area contributed by atoms with Crippen molar-refractivity contribution in [2.24, 2.45) is 0 Å². The summed E-state index contributed by atoms with van der Waals surface area (Å²) in [6.45, 7) is 1.72. The molecule has 13 N–H and O–H groups in total. The summed E-state index contributed by atoms with van der Waals surface area (Å²) in [6.07, 6.45) is -18.6. The molecule has 0 aromatic rings. The summed E-state index contributed by atoms with van der Waals surface area (Å²) in [7, 11) is 0. The van der Waals surface area contributed by atoms with E-state index in [1.165, 1.54) is 13.8 Å². The molecule has 16 nitrogen and oxygen atoms in total. The van der Waals surface area contributed by atoms with Crippen LogP contribution >= 0.6 is 0 Å². The number of hydrogen-bond donors (Lipinski definition) is 13. The first kappa shape index (κ1) is 37.0. The number of rotatable bonds is 13. The van der Waals surface area contributed by atoms with E-state index in [0.29, 0.717) is 0 Å². The lowest BCUT2D eigenvalue weighted by molar-refractivity contribution is -0.136. The van der Waals surface area contributed by atoms with Gasteiger partial charge in [-0.3, -0.25) is 0 Å². The van der Waals surface area contributed by atoms with Crippen molar-refractivity contribution in [3.05, 3.63) is 0 Å². The molecule has 12 atom stereocenters. The molecular formula is C18H36O16. The number of hydrogen-bond acceptors (Lipinski definition) is 16. The van der Waals surface area contributed by atoms with E-state index in [2.05, 4.69) is 0 Å². The molecule has 0 bridgehead atoms. The van der Waals surface area contributed by atoms with Crippen molar-refractivity contribution in [1.29, 1.82) is 0 Å².